The molecular formula is C16H21N3. The van der Waals surface area contributed by atoms with Gasteiger partial charge in [-0.15, -0.1) is 0 Å². The average Bonchev–Trinajstić information content (AvgIpc) is 2.37. The standard InChI is InChI=1S/C16H21N3/c1-11-18-14(10-17)9-15(19-11)12-5-7-13(8-6-12)16(2,3)4/h5-9H,10,17H2,1-4H3. The first-order chi connectivity index (χ1) is 8.90. The maximum atomic E-state index is 5.66. The number of nitrogens with two attached hydrogens (primary N) is 1. The van der Waals surface area contributed by atoms with Crippen LogP contribution in [0.2, 0.25) is 0 Å². The fourth-order valence-electron chi connectivity index (χ4n) is 2.02. The molecular weight excluding hydrogens is 234 g/mol. The van der Waals surface area contributed by atoms with Crippen LogP contribution >= 0.6 is 0 Å². The molecule has 100 valence electrons. The Morgan fingerprint density at radius 3 is 2.21 bits per heavy atom. The number of hydrogen-bond donors (Lipinski definition) is 1. The first-order valence-electron chi connectivity index (χ1n) is 6.55. The van der Waals surface area contributed by atoms with Crippen LogP contribution in [-0.4, -0.2) is 9.97 Å². The number of hydrogen-bond acceptors (Lipinski definition) is 3. The van der Waals surface area contributed by atoms with Crippen molar-refractivity contribution in [3.05, 3.63) is 47.4 Å². The van der Waals surface area contributed by atoms with Gasteiger partial charge in [-0.3, -0.25) is 0 Å². The van der Waals surface area contributed by atoms with Crippen LogP contribution in [0, 0.1) is 6.92 Å². The predicted molar refractivity (Wildman–Crippen MR) is 78.8 cm³/mol. The normalized spacial score (nSPS) is 11.6. The molecule has 0 aliphatic carbocycles. The number of benzene rings is 1. The molecule has 0 saturated carbocycles. The Morgan fingerprint density at radius 1 is 1.05 bits per heavy atom. The summed E-state index contributed by atoms with van der Waals surface area (Å²) in [4.78, 5) is 8.78. The molecule has 0 unspecified atom stereocenters. The first-order valence-corrected chi connectivity index (χ1v) is 6.55. The molecule has 1 aromatic heterocycles. The number of nitrogens with zero attached hydrogens (tertiary/aromatic N) is 2. The lowest BCUT2D eigenvalue weighted by atomic mass is 9.86. The van der Waals surface area contributed by atoms with Gasteiger partial charge in [-0.25, -0.2) is 9.97 Å². The molecule has 0 aliphatic heterocycles. The zero-order valence-electron chi connectivity index (χ0n) is 12.1. The summed E-state index contributed by atoms with van der Waals surface area (Å²) in [6.07, 6.45) is 0. The number of rotatable bonds is 2. The van der Waals surface area contributed by atoms with E-state index in [0.717, 1.165) is 22.8 Å². The average molecular weight is 255 g/mol. The minimum absolute atomic E-state index is 0.169. The van der Waals surface area contributed by atoms with Crippen molar-refractivity contribution in [2.24, 2.45) is 5.73 Å². The summed E-state index contributed by atoms with van der Waals surface area (Å²) in [5.41, 5.74) is 10.1. The van der Waals surface area contributed by atoms with Crippen molar-refractivity contribution in [2.75, 3.05) is 0 Å². The zero-order chi connectivity index (χ0) is 14.0. The Labute approximate surface area is 114 Å². The van der Waals surface area contributed by atoms with E-state index in [4.69, 9.17) is 5.73 Å². The van der Waals surface area contributed by atoms with Gasteiger partial charge in [0.25, 0.3) is 0 Å². The molecule has 2 rings (SSSR count). The molecule has 0 fully saturated rings. The van der Waals surface area contributed by atoms with Gasteiger partial charge in [0.15, 0.2) is 0 Å². The van der Waals surface area contributed by atoms with Gasteiger partial charge < -0.3 is 5.73 Å². The summed E-state index contributed by atoms with van der Waals surface area (Å²) in [5.74, 6) is 0.762. The lowest BCUT2D eigenvalue weighted by Crippen LogP contribution is -2.10. The van der Waals surface area contributed by atoms with E-state index in [9.17, 15) is 0 Å². The van der Waals surface area contributed by atoms with Crippen molar-refractivity contribution >= 4 is 0 Å². The Balaban J connectivity index is 2.40. The van der Waals surface area contributed by atoms with E-state index in [1.165, 1.54) is 5.56 Å². The lowest BCUT2D eigenvalue weighted by Gasteiger charge is -2.19. The van der Waals surface area contributed by atoms with E-state index in [1.54, 1.807) is 0 Å². The fourth-order valence-corrected chi connectivity index (χ4v) is 2.02. The molecule has 3 heteroatoms. The minimum atomic E-state index is 0.169. The van der Waals surface area contributed by atoms with Gasteiger partial charge in [0, 0.05) is 12.1 Å². The Bertz CT molecular complexity index is 566. The predicted octanol–water partition coefficient (Wildman–Crippen LogP) is 3.21. The van der Waals surface area contributed by atoms with Crippen LogP contribution in [0.1, 0.15) is 37.9 Å². The minimum Gasteiger partial charge on any atom is -0.325 e. The smallest absolute Gasteiger partial charge is 0.126 e. The Kier molecular flexibility index (Phi) is 3.67. The van der Waals surface area contributed by atoms with E-state index in [1.807, 2.05) is 13.0 Å². The van der Waals surface area contributed by atoms with Crippen LogP contribution in [0.4, 0.5) is 0 Å². The highest BCUT2D eigenvalue weighted by Crippen LogP contribution is 2.25. The highest BCUT2D eigenvalue weighted by molar-refractivity contribution is 5.60. The SMILES string of the molecule is Cc1nc(CN)cc(-c2ccc(C(C)(C)C)cc2)n1. The zero-order valence-corrected chi connectivity index (χ0v) is 12.1. The van der Waals surface area contributed by atoms with E-state index in [2.05, 4.69) is 55.0 Å². The summed E-state index contributed by atoms with van der Waals surface area (Å²) < 4.78 is 0. The second-order valence-electron chi connectivity index (χ2n) is 5.82. The Morgan fingerprint density at radius 2 is 1.68 bits per heavy atom. The molecule has 0 atom stereocenters. The highest BCUT2D eigenvalue weighted by atomic mass is 14.9. The van der Waals surface area contributed by atoms with Crippen molar-refractivity contribution in [3.63, 3.8) is 0 Å². The van der Waals surface area contributed by atoms with Gasteiger partial charge in [-0.1, -0.05) is 45.0 Å². The highest BCUT2D eigenvalue weighted by Gasteiger charge is 2.13. The van der Waals surface area contributed by atoms with Crippen LogP contribution in [0.15, 0.2) is 30.3 Å². The molecule has 0 aliphatic rings. The summed E-state index contributed by atoms with van der Waals surface area (Å²) in [5, 5.41) is 0. The summed E-state index contributed by atoms with van der Waals surface area (Å²) >= 11 is 0. The van der Waals surface area contributed by atoms with E-state index >= 15 is 0 Å². The van der Waals surface area contributed by atoms with Gasteiger partial charge in [0.1, 0.15) is 5.82 Å². The van der Waals surface area contributed by atoms with Crippen molar-refractivity contribution in [1.82, 2.24) is 9.97 Å². The monoisotopic (exact) mass is 255 g/mol. The molecule has 0 amide bonds. The number of aromatic nitrogens is 2. The third kappa shape index (κ3) is 3.18. The molecule has 2 N–H and O–H groups in total. The summed E-state index contributed by atoms with van der Waals surface area (Å²) in [6, 6.07) is 10.5. The third-order valence-electron chi connectivity index (χ3n) is 3.15. The van der Waals surface area contributed by atoms with Crippen LogP contribution in [0.3, 0.4) is 0 Å². The molecule has 0 saturated heterocycles. The summed E-state index contributed by atoms with van der Waals surface area (Å²) in [7, 11) is 0. The quantitative estimate of drug-likeness (QED) is 0.896. The second kappa shape index (κ2) is 5.10. The van der Waals surface area contributed by atoms with E-state index in [0.29, 0.717) is 6.54 Å². The van der Waals surface area contributed by atoms with E-state index < -0.39 is 0 Å². The molecule has 0 radical (unpaired) electrons. The third-order valence-corrected chi connectivity index (χ3v) is 3.15. The van der Waals surface area contributed by atoms with Crippen molar-refractivity contribution in [3.8, 4) is 11.3 Å². The molecule has 19 heavy (non-hydrogen) atoms. The van der Waals surface area contributed by atoms with Gasteiger partial charge in [0.2, 0.25) is 0 Å². The molecule has 0 spiro atoms. The van der Waals surface area contributed by atoms with Crippen LogP contribution in [0.5, 0.6) is 0 Å². The van der Waals surface area contributed by atoms with Crippen LogP contribution in [0.25, 0.3) is 11.3 Å². The molecule has 3 nitrogen and oxygen atoms in total. The van der Waals surface area contributed by atoms with Crippen molar-refractivity contribution in [2.45, 2.75) is 39.7 Å². The van der Waals surface area contributed by atoms with Gasteiger partial charge >= 0.3 is 0 Å². The maximum absolute atomic E-state index is 5.66. The lowest BCUT2D eigenvalue weighted by molar-refractivity contribution is 0.590. The maximum Gasteiger partial charge on any atom is 0.126 e. The molecule has 0 bridgehead atoms. The van der Waals surface area contributed by atoms with Crippen LogP contribution in [-0.2, 0) is 12.0 Å². The summed E-state index contributed by atoms with van der Waals surface area (Å²) in [6.45, 7) is 8.97. The van der Waals surface area contributed by atoms with E-state index in [-0.39, 0.29) is 5.41 Å². The van der Waals surface area contributed by atoms with Gasteiger partial charge in [-0.05, 0) is 24.0 Å². The topological polar surface area (TPSA) is 51.8 Å². The van der Waals surface area contributed by atoms with Gasteiger partial charge in [-0.2, -0.15) is 0 Å². The van der Waals surface area contributed by atoms with Gasteiger partial charge in [0.05, 0.1) is 11.4 Å². The second-order valence-corrected chi connectivity index (χ2v) is 5.82. The van der Waals surface area contributed by atoms with Crippen molar-refractivity contribution in [1.29, 1.82) is 0 Å². The number of aryl methyl sites for hydroxylation is 1. The largest absolute Gasteiger partial charge is 0.325 e. The Hall–Kier alpha value is -1.74. The molecule has 1 aromatic carbocycles. The molecule has 2 aromatic rings. The van der Waals surface area contributed by atoms with Crippen LogP contribution < -0.4 is 5.73 Å². The first kappa shape index (κ1) is 13.7. The fraction of sp³-hybridized carbons (Fsp3) is 0.375. The van der Waals surface area contributed by atoms with Crippen molar-refractivity contribution < 1.29 is 0 Å². The molecule has 1 heterocycles.